The van der Waals surface area contributed by atoms with Crippen LogP contribution >= 0.6 is 0 Å². The molecule has 1 fully saturated rings. The Morgan fingerprint density at radius 1 is 1.45 bits per heavy atom. The molecule has 0 aromatic heterocycles. The van der Waals surface area contributed by atoms with E-state index in [1.807, 2.05) is 0 Å². The number of imide groups is 1. The first-order valence-corrected chi connectivity index (χ1v) is 6.09. The van der Waals surface area contributed by atoms with Crippen LogP contribution in [0, 0.1) is 0 Å². The molecule has 7 nitrogen and oxygen atoms in total. The van der Waals surface area contributed by atoms with Gasteiger partial charge in [-0.2, -0.15) is 0 Å². The molecule has 1 aliphatic heterocycles. The topological polar surface area (TPSA) is 102 Å². The number of nitrogens with zero attached hydrogens (tertiary/aromatic N) is 1. The van der Waals surface area contributed by atoms with Crippen molar-refractivity contribution < 1.29 is 19.1 Å². The molecule has 20 heavy (non-hydrogen) atoms. The molecule has 0 aliphatic carbocycles. The summed E-state index contributed by atoms with van der Waals surface area (Å²) in [5.41, 5.74) is 6.11. The standard InChI is InChI=1S/C13H15N3O4/c1-8-13(19)15-11(17)6-16(8)12(18)7-20-10-5-3-2-4-9(10)14/h2-5,8H,6-7,14H2,1H3,(H,15,17,19). The zero-order chi connectivity index (χ0) is 14.7. The molecule has 0 radical (unpaired) electrons. The number of anilines is 1. The number of para-hydroxylation sites is 2. The molecule has 1 aromatic rings. The number of ether oxygens (including phenoxy) is 1. The van der Waals surface area contributed by atoms with Crippen molar-refractivity contribution in [1.82, 2.24) is 10.2 Å². The van der Waals surface area contributed by atoms with E-state index in [4.69, 9.17) is 10.5 Å². The van der Waals surface area contributed by atoms with E-state index in [1.165, 1.54) is 4.90 Å². The Labute approximate surface area is 115 Å². The van der Waals surface area contributed by atoms with Crippen LogP contribution in [0.5, 0.6) is 5.75 Å². The lowest BCUT2D eigenvalue weighted by Crippen LogP contribution is -2.59. The van der Waals surface area contributed by atoms with E-state index in [2.05, 4.69) is 5.32 Å². The highest BCUT2D eigenvalue weighted by molar-refractivity contribution is 6.04. The Morgan fingerprint density at radius 3 is 2.85 bits per heavy atom. The van der Waals surface area contributed by atoms with E-state index in [0.717, 1.165) is 0 Å². The summed E-state index contributed by atoms with van der Waals surface area (Å²) in [5, 5.41) is 2.16. The maximum atomic E-state index is 12.0. The van der Waals surface area contributed by atoms with Gasteiger partial charge in [0.1, 0.15) is 18.3 Å². The van der Waals surface area contributed by atoms with Gasteiger partial charge in [-0.1, -0.05) is 12.1 Å². The van der Waals surface area contributed by atoms with E-state index >= 15 is 0 Å². The second-order valence-corrected chi connectivity index (χ2v) is 4.44. The number of hydrogen-bond acceptors (Lipinski definition) is 5. The minimum Gasteiger partial charge on any atom is -0.482 e. The van der Waals surface area contributed by atoms with Crippen LogP contribution in [0.4, 0.5) is 5.69 Å². The number of carbonyl (C=O) groups excluding carboxylic acids is 3. The maximum absolute atomic E-state index is 12.0. The van der Waals surface area contributed by atoms with Crippen LogP contribution in [0.2, 0.25) is 0 Å². The third-order valence-corrected chi connectivity index (χ3v) is 3.01. The zero-order valence-electron chi connectivity index (χ0n) is 11.0. The van der Waals surface area contributed by atoms with E-state index in [1.54, 1.807) is 31.2 Å². The molecule has 3 N–H and O–H groups in total. The molecule has 106 valence electrons. The number of nitrogens with one attached hydrogen (secondary N) is 1. The van der Waals surface area contributed by atoms with Gasteiger partial charge in [-0.05, 0) is 19.1 Å². The third-order valence-electron chi connectivity index (χ3n) is 3.01. The minimum absolute atomic E-state index is 0.153. The summed E-state index contributed by atoms with van der Waals surface area (Å²) in [6.45, 7) is 1.12. The van der Waals surface area contributed by atoms with Gasteiger partial charge in [-0.15, -0.1) is 0 Å². The molecule has 1 aromatic carbocycles. The summed E-state index contributed by atoms with van der Waals surface area (Å²) in [6.07, 6.45) is 0. The number of rotatable bonds is 3. The van der Waals surface area contributed by atoms with Crippen LogP contribution in [0.3, 0.4) is 0 Å². The van der Waals surface area contributed by atoms with Gasteiger partial charge >= 0.3 is 0 Å². The molecule has 1 saturated heterocycles. The molecular formula is C13H15N3O4. The molecule has 1 aliphatic rings. The molecule has 1 atom stereocenters. The number of benzene rings is 1. The number of hydrogen-bond donors (Lipinski definition) is 2. The van der Waals surface area contributed by atoms with Crippen LogP contribution in [0.1, 0.15) is 6.92 Å². The minimum atomic E-state index is -0.697. The van der Waals surface area contributed by atoms with Crippen molar-refractivity contribution >= 4 is 23.4 Å². The number of carbonyl (C=O) groups is 3. The van der Waals surface area contributed by atoms with Crippen molar-refractivity contribution in [3.63, 3.8) is 0 Å². The fourth-order valence-electron chi connectivity index (χ4n) is 1.85. The summed E-state index contributed by atoms with van der Waals surface area (Å²) in [6, 6.07) is 6.08. The van der Waals surface area contributed by atoms with Crippen LogP contribution in [0.25, 0.3) is 0 Å². The molecule has 0 spiro atoms. The van der Waals surface area contributed by atoms with Gasteiger partial charge in [-0.3, -0.25) is 19.7 Å². The number of amides is 3. The first kappa shape index (κ1) is 13.9. The van der Waals surface area contributed by atoms with E-state index in [9.17, 15) is 14.4 Å². The average Bonchev–Trinajstić information content (AvgIpc) is 2.41. The Kier molecular flexibility index (Phi) is 3.88. The van der Waals surface area contributed by atoms with Gasteiger partial charge < -0.3 is 15.4 Å². The molecular weight excluding hydrogens is 262 g/mol. The summed E-state index contributed by atoms with van der Waals surface area (Å²) in [5.74, 6) is -1.04. The van der Waals surface area contributed by atoms with Crippen LogP contribution in [-0.2, 0) is 14.4 Å². The zero-order valence-corrected chi connectivity index (χ0v) is 11.0. The summed E-state index contributed by atoms with van der Waals surface area (Å²) >= 11 is 0. The van der Waals surface area contributed by atoms with Gasteiger partial charge in [-0.25, -0.2) is 0 Å². The largest absolute Gasteiger partial charge is 0.482 e. The fourth-order valence-corrected chi connectivity index (χ4v) is 1.85. The monoisotopic (exact) mass is 277 g/mol. The van der Waals surface area contributed by atoms with Crippen molar-refractivity contribution in [3.8, 4) is 5.75 Å². The smallest absolute Gasteiger partial charge is 0.261 e. The summed E-state index contributed by atoms with van der Waals surface area (Å²) in [7, 11) is 0. The Morgan fingerprint density at radius 2 is 2.15 bits per heavy atom. The van der Waals surface area contributed by atoms with Crippen LogP contribution in [-0.4, -0.2) is 41.8 Å². The second-order valence-electron chi connectivity index (χ2n) is 4.44. The maximum Gasteiger partial charge on any atom is 0.261 e. The summed E-state index contributed by atoms with van der Waals surface area (Å²) < 4.78 is 5.31. The predicted octanol–water partition coefficient (Wildman–Crippen LogP) is -0.479. The van der Waals surface area contributed by atoms with E-state index < -0.39 is 23.8 Å². The normalized spacial score (nSPS) is 18.6. The van der Waals surface area contributed by atoms with Gasteiger partial charge in [0.15, 0.2) is 6.61 Å². The Balaban J connectivity index is 1.99. The summed E-state index contributed by atoms with van der Waals surface area (Å²) in [4.78, 5) is 35.9. The van der Waals surface area contributed by atoms with Gasteiger partial charge in [0.05, 0.1) is 5.69 Å². The number of nitrogen functional groups attached to an aromatic ring is 1. The van der Waals surface area contributed by atoms with Crippen LogP contribution in [0.15, 0.2) is 24.3 Å². The first-order chi connectivity index (χ1) is 9.49. The molecule has 7 heteroatoms. The van der Waals surface area contributed by atoms with Crippen molar-refractivity contribution in [2.24, 2.45) is 0 Å². The van der Waals surface area contributed by atoms with Crippen LogP contribution < -0.4 is 15.8 Å². The van der Waals surface area contributed by atoms with Gasteiger partial charge in [0.2, 0.25) is 11.8 Å². The third kappa shape index (κ3) is 2.87. The van der Waals surface area contributed by atoms with E-state index in [-0.39, 0.29) is 13.2 Å². The molecule has 0 bridgehead atoms. The van der Waals surface area contributed by atoms with E-state index in [0.29, 0.717) is 11.4 Å². The number of piperazine rings is 1. The lowest BCUT2D eigenvalue weighted by Gasteiger charge is -2.31. The molecule has 0 saturated carbocycles. The van der Waals surface area contributed by atoms with Gasteiger partial charge in [0, 0.05) is 0 Å². The van der Waals surface area contributed by atoms with Crippen molar-refractivity contribution in [2.75, 3.05) is 18.9 Å². The van der Waals surface area contributed by atoms with Crippen molar-refractivity contribution in [1.29, 1.82) is 0 Å². The second kappa shape index (κ2) is 5.60. The Hall–Kier alpha value is -2.57. The molecule has 2 rings (SSSR count). The SMILES string of the molecule is CC1C(=O)NC(=O)CN1C(=O)COc1ccccc1N. The molecule has 1 heterocycles. The lowest BCUT2D eigenvalue weighted by molar-refractivity contribution is -0.150. The Bertz CT molecular complexity index is 558. The van der Waals surface area contributed by atoms with Gasteiger partial charge in [0.25, 0.3) is 5.91 Å². The van der Waals surface area contributed by atoms with Crippen molar-refractivity contribution in [3.05, 3.63) is 24.3 Å². The highest BCUT2D eigenvalue weighted by Gasteiger charge is 2.33. The molecule has 3 amide bonds. The predicted molar refractivity (Wildman–Crippen MR) is 70.7 cm³/mol. The fraction of sp³-hybridized carbons (Fsp3) is 0.308. The highest BCUT2D eigenvalue weighted by Crippen LogP contribution is 2.19. The number of nitrogens with two attached hydrogens (primary N) is 1. The highest BCUT2D eigenvalue weighted by atomic mass is 16.5. The molecule has 1 unspecified atom stereocenters. The first-order valence-electron chi connectivity index (χ1n) is 6.09. The lowest BCUT2D eigenvalue weighted by atomic mass is 10.2. The van der Waals surface area contributed by atoms with Crippen molar-refractivity contribution in [2.45, 2.75) is 13.0 Å². The average molecular weight is 277 g/mol. The quantitative estimate of drug-likeness (QED) is 0.574.